The van der Waals surface area contributed by atoms with E-state index in [4.69, 9.17) is 0 Å². The van der Waals surface area contributed by atoms with Crippen molar-refractivity contribution in [2.45, 2.75) is 20.3 Å². The van der Waals surface area contributed by atoms with Crippen molar-refractivity contribution < 1.29 is 0 Å². The summed E-state index contributed by atoms with van der Waals surface area (Å²) in [5, 5.41) is 3.18. The topological polar surface area (TPSA) is 29.3 Å². The van der Waals surface area contributed by atoms with Crippen LogP contribution in [0.1, 0.15) is 18.4 Å². The highest BCUT2D eigenvalue weighted by Crippen LogP contribution is 2.18. The van der Waals surface area contributed by atoms with Gasteiger partial charge in [0.1, 0.15) is 11.6 Å². The summed E-state index contributed by atoms with van der Waals surface area (Å²) < 4.78 is 2.18. The number of hydrogen-bond acceptors (Lipinski definition) is 2. The van der Waals surface area contributed by atoms with Gasteiger partial charge in [0.15, 0.2) is 0 Å². The van der Waals surface area contributed by atoms with Crippen LogP contribution in [0.15, 0.2) is 18.2 Å². The Labute approximate surface area is 83.8 Å². The first-order chi connectivity index (χ1) is 6.77. The Kier molecular flexibility index (Phi) is 2.15. The summed E-state index contributed by atoms with van der Waals surface area (Å²) in [4.78, 5) is 4.54. The van der Waals surface area contributed by atoms with Gasteiger partial charge in [0.2, 0.25) is 0 Å². The van der Waals surface area contributed by atoms with Crippen molar-refractivity contribution in [1.82, 2.24) is 9.38 Å². The number of nitrogens with one attached hydrogen (secondary N) is 1. The van der Waals surface area contributed by atoms with E-state index in [1.807, 2.05) is 14.0 Å². The summed E-state index contributed by atoms with van der Waals surface area (Å²) in [5.41, 5.74) is 2.28. The van der Waals surface area contributed by atoms with Crippen LogP contribution in [0.5, 0.6) is 0 Å². The van der Waals surface area contributed by atoms with Crippen molar-refractivity contribution in [2.75, 3.05) is 12.4 Å². The van der Waals surface area contributed by atoms with Crippen molar-refractivity contribution >= 4 is 11.3 Å². The fourth-order valence-corrected chi connectivity index (χ4v) is 1.80. The molecule has 2 aromatic rings. The number of pyridine rings is 1. The number of fused-ring (bicyclic) bond motifs is 1. The van der Waals surface area contributed by atoms with Gasteiger partial charge in [-0.05, 0) is 19.1 Å². The van der Waals surface area contributed by atoms with Gasteiger partial charge in [0.25, 0.3) is 0 Å². The molecule has 0 unspecified atom stereocenters. The second kappa shape index (κ2) is 3.33. The molecular formula is C11H15N3. The van der Waals surface area contributed by atoms with Crippen LogP contribution in [0.25, 0.3) is 5.52 Å². The normalized spacial score (nSPS) is 10.8. The van der Waals surface area contributed by atoms with Crippen LogP contribution in [0.2, 0.25) is 0 Å². The van der Waals surface area contributed by atoms with Crippen molar-refractivity contribution in [3.63, 3.8) is 0 Å². The molecule has 1 N–H and O–H groups in total. The van der Waals surface area contributed by atoms with E-state index < -0.39 is 0 Å². The molecule has 2 heterocycles. The molecule has 0 aliphatic carbocycles. The highest BCUT2D eigenvalue weighted by molar-refractivity contribution is 5.59. The number of hydrogen-bond donors (Lipinski definition) is 1. The van der Waals surface area contributed by atoms with Gasteiger partial charge in [-0.25, -0.2) is 4.98 Å². The number of anilines is 1. The van der Waals surface area contributed by atoms with Gasteiger partial charge in [0, 0.05) is 13.5 Å². The lowest BCUT2D eigenvalue weighted by atomic mass is 10.3. The van der Waals surface area contributed by atoms with E-state index in [1.54, 1.807) is 0 Å². The zero-order valence-electron chi connectivity index (χ0n) is 8.83. The Hall–Kier alpha value is -1.51. The number of aryl methyl sites for hydroxylation is 2. The van der Waals surface area contributed by atoms with Crippen molar-refractivity contribution in [3.05, 3.63) is 29.7 Å². The zero-order chi connectivity index (χ0) is 10.1. The highest BCUT2D eigenvalue weighted by Gasteiger charge is 2.08. The summed E-state index contributed by atoms with van der Waals surface area (Å²) in [7, 11) is 1.93. The molecule has 0 saturated carbocycles. The Bertz CT molecular complexity index is 457. The molecule has 0 atom stereocenters. The number of aromatic nitrogens is 2. The van der Waals surface area contributed by atoms with Gasteiger partial charge in [-0.3, -0.25) is 4.40 Å². The van der Waals surface area contributed by atoms with Crippen LogP contribution in [-0.2, 0) is 6.42 Å². The van der Waals surface area contributed by atoms with E-state index >= 15 is 0 Å². The molecule has 14 heavy (non-hydrogen) atoms. The SMILES string of the molecule is CCc1nc(C)c2cccc(NC)n12. The molecule has 0 radical (unpaired) electrons. The van der Waals surface area contributed by atoms with Gasteiger partial charge in [-0.2, -0.15) is 0 Å². The smallest absolute Gasteiger partial charge is 0.114 e. The lowest BCUT2D eigenvalue weighted by molar-refractivity contribution is 0.931. The summed E-state index contributed by atoms with van der Waals surface area (Å²) >= 11 is 0. The molecule has 0 fully saturated rings. The molecule has 0 spiro atoms. The molecule has 0 aliphatic rings. The van der Waals surface area contributed by atoms with Crippen LogP contribution in [0, 0.1) is 6.92 Å². The molecule has 2 aromatic heterocycles. The number of imidazole rings is 1. The first kappa shape index (κ1) is 9.06. The van der Waals surface area contributed by atoms with Gasteiger partial charge >= 0.3 is 0 Å². The van der Waals surface area contributed by atoms with Crippen molar-refractivity contribution in [3.8, 4) is 0 Å². The average Bonchev–Trinajstić information content (AvgIpc) is 2.56. The molecule has 74 valence electrons. The summed E-state index contributed by atoms with van der Waals surface area (Å²) in [6, 6.07) is 6.21. The van der Waals surface area contributed by atoms with Crippen LogP contribution >= 0.6 is 0 Å². The Morgan fingerprint density at radius 3 is 2.86 bits per heavy atom. The van der Waals surface area contributed by atoms with E-state index in [-0.39, 0.29) is 0 Å². The Morgan fingerprint density at radius 1 is 1.43 bits per heavy atom. The molecular weight excluding hydrogens is 174 g/mol. The molecule has 3 heteroatoms. The van der Waals surface area contributed by atoms with E-state index in [1.165, 1.54) is 5.52 Å². The first-order valence-electron chi connectivity index (χ1n) is 4.92. The minimum atomic E-state index is 0.952. The maximum atomic E-state index is 4.54. The standard InChI is InChI=1S/C11H15N3/c1-4-10-13-8(2)9-6-5-7-11(12-3)14(9)10/h5-7,12H,4H2,1-3H3. The van der Waals surface area contributed by atoms with Crippen LogP contribution in [0.4, 0.5) is 5.82 Å². The molecule has 2 rings (SSSR count). The minimum Gasteiger partial charge on any atom is -0.374 e. The fourth-order valence-electron chi connectivity index (χ4n) is 1.80. The quantitative estimate of drug-likeness (QED) is 0.785. The van der Waals surface area contributed by atoms with Crippen LogP contribution < -0.4 is 5.32 Å². The third-order valence-corrected chi connectivity index (χ3v) is 2.49. The second-order valence-corrected chi connectivity index (χ2v) is 3.35. The van der Waals surface area contributed by atoms with Gasteiger partial charge < -0.3 is 5.32 Å². The van der Waals surface area contributed by atoms with E-state index in [2.05, 4.69) is 39.8 Å². The molecule has 0 saturated heterocycles. The van der Waals surface area contributed by atoms with E-state index in [0.717, 1.165) is 23.8 Å². The van der Waals surface area contributed by atoms with Crippen molar-refractivity contribution in [1.29, 1.82) is 0 Å². The Balaban J connectivity index is 2.82. The summed E-state index contributed by atoms with van der Waals surface area (Å²) in [5.74, 6) is 2.21. The third kappa shape index (κ3) is 1.16. The molecule has 0 aliphatic heterocycles. The molecule has 0 bridgehead atoms. The lowest BCUT2D eigenvalue weighted by Gasteiger charge is -2.06. The highest BCUT2D eigenvalue weighted by atomic mass is 15.1. The van der Waals surface area contributed by atoms with Gasteiger partial charge in [0.05, 0.1) is 11.2 Å². The summed E-state index contributed by atoms with van der Waals surface area (Å²) in [6.07, 6.45) is 0.952. The number of rotatable bonds is 2. The van der Waals surface area contributed by atoms with Gasteiger partial charge in [-0.15, -0.1) is 0 Å². The van der Waals surface area contributed by atoms with Gasteiger partial charge in [-0.1, -0.05) is 13.0 Å². The average molecular weight is 189 g/mol. The molecule has 3 nitrogen and oxygen atoms in total. The second-order valence-electron chi connectivity index (χ2n) is 3.35. The molecule has 0 aromatic carbocycles. The maximum absolute atomic E-state index is 4.54. The van der Waals surface area contributed by atoms with Crippen molar-refractivity contribution in [2.24, 2.45) is 0 Å². The van der Waals surface area contributed by atoms with E-state index in [9.17, 15) is 0 Å². The summed E-state index contributed by atoms with van der Waals surface area (Å²) in [6.45, 7) is 4.18. The minimum absolute atomic E-state index is 0.952. The predicted octanol–water partition coefficient (Wildman–Crippen LogP) is 2.25. The Morgan fingerprint density at radius 2 is 2.21 bits per heavy atom. The largest absolute Gasteiger partial charge is 0.374 e. The molecule has 0 amide bonds. The lowest BCUT2D eigenvalue weighted by Crippen LogP contribution is -2.00. The zero-order valence-corrected chi connectivity index (χ0v) is 8.83. The predicted molar refractivity (Wildman–Crippen MR) is 58.9 cm³/mol. The monoisotopic (exact) mass is 189 g/mol. The third-order valence-electron chi connectivity index (χ3n) is 2.49. The van der Waals surface area contributed by atoms with Crippen LogP contribution in [-0.4, -0.2) is 16.4 Å². The van der Waals surface area contributed by atoms with Crippen LogP contribution in [0.3, 0.4) is 0 Å². The maximum Gasteiger partial charge on any atom is 0.114 e. The van der Waals surface area contributed by atoms with E-state index in [0.29, 0.717) is 0 Å². The fraction of sp³-hybridized carbons (Fsp3) is 0.364. The first-order valence-corrected chi connectivity index (χ1v) is 4.92. The number of nitrogens with zero attached hydrogens (tertiary/aromatic N) is 2.